The third kappa shape index (κ3) is 2.79. The molecule has 2 aromatic carbocycles. The molecule has 1 heterocycles. The van der Waals surface area contributed by atoms with Crippen molar-refractivity contribution in [3.8, 4) is 0 Å². The number of hydrogen-bond donors (Lipinski definition) is 1. The molecule has 106 valence electrons. The fraction of sp³-hybridized carbons (Fsp3) is 0.125. The number of anilines is 1. The number of nitrogens with zero attached hydrogens (tertiary/aromatic N) is 2. The average Bonchev–Trinajstić information content (AvgIpc) is 2.97. The first-order valence-corrected chi connectivity index (χ1v) is 7.44. The number of aliphatic hydroxyl groups is 1. The van der Waals surface area contributed by atoms with Crippen LogP contribution < -0.4 is 4.90 Å². The molecule has 4 nitrogen and oxygen atoms in total. The van der Waals surface area contributed by atoms with Gasteiger partial charge in [-0.05, 0) is 24.3 Å². The van der Waals surface area contributed by atoms with Crippen LogP contribution in [-0.4, -0.2) is 29.1 Å². The highest BCUT2D eigenvalue weighted by molar-refractivity contribution is 7.20. The van der Waals surface area contributed by atoms with Gasteiger partial charge in [-0.25, -0.2) is 4.98 Å². The highest BCUT2D eigenvalue weighted by atomic mass is 32.1. The molecule has 0 radical (unpaired) electrons. The van der Waals surface area contributed by atoms with E-state index in [-0.39, 0.29) is 19.1 Å². The number of amides is 1. The van der Waals surface area contributed by atoms with Crippen LogP contribution in [0.2, 0.25) is 0 Å². The van der Waals surface area contributed by atoms with Crippen LogP contribution in [0.1, 0.15) is 9.80 Å². The standard InChI is InChI=1S/C16H14N2O2S/c19-11-10-18(12-6-2-1-3-7-12)16(20)15-17-13-8-4-5-9-14(13)21-15/h1-9,19H,10-11H2. The van der Waals surface area contributed by atoms with Gasteiger partial charge in [-0.15, -0.1) is 11.3 Å². The molecule has 21 heavy (non-hydrogen) atoms. The molecule has 1 N–H and O–H groups in total. The fourth-order valence-corrected chi connectivity index (χ4v) is 3.05. The van der Waals surface area contributed by atoms with E-state index in [1.165, 1.54) is 11.3 Å². The third-order valence-corrected chi connectivity index (χ3v) is 4.14. The lowest BCUT2D eigenvalue weighted by Crippen LogP contribution is -2.33. The van der Waals surface area contributed by atoms with Crippen LogP contribution in [0.4, 0.5) is 5.69 Å². The number of thiazole rings is 1. The summed E-state index contributed by atoms with van der Waals surface area (Å²) in [6.07, 6.45) is 0. The molecule has 0 aliphatic rings. The summed E-state index contributed by atoms with van der Waals surface area (Å²) in [7, 11) is 0. The Morgan fingerprint density at radius 2 is 1.81 bits per heavy atom. The summed E-state index contributed by atoms with van der Waals surface area (Å²) in [5, 5.41) is 9.66. The van der Waals surface area contributed by atoms with Crippen LogP contribution in [0, 0.1) is 0 Å². The number of carbonyl (C=O) groups is 1. The van der Waals surface area contributed by atoms with Crippen LogP contribution in [0.25, 0.3) is 10.2 Å². The molecule has 0 unspecified atom stereocenters. The molecule has 0 saturated carbocycles. The molecule has 0 bridgehead atoms. The zero-order chi connectivity index (χ0) is 14.7. The van der Waals surface area contributed by atoms with Crippen LogP contribution in [0.15, 0.2) is 54.6 Å². The van der Waals surface area contributed by atoms with Crippen LogP contribution in [0.5, 0.6) is 0 Å². The molecule has 1 aromatic heterocycles. The normalized spacial score (nSPS) is 10.7. The molecule has 0 saturated heterocycles. The number of benzene rings is 2. The van der Waals surface area contributed by atoms with Crippen molar-refractivity contribution in [2.24, 2.45) is 0 Å². The van der Waals surface area contributed by atoms with E-state index >= 15 is 0 Å². The first-order valence-electron chi connectivity index (χ1n) is 6.63. The van der Waals surface area contributed by atoms with Crippen molar-refractivity contribution in [1.82, 2.24) is 4.98 Å². The predicted octanol–water partition coefficient (Wildman–Crippen LogP) is 2.94. The molecule has 3 rings (SSSR count). The number of fused-ring (bicyclic) bond motifs is 1. The Labute approximate surface area is 126 Å². The number of aromatic nitrogens is 1. The van der Waals surface area contributed by atoms with Gasteiger partial charge in [-0.2, -0.15) is 0 Å². The highest BCUT2D eigenvalue weighted by Gasteiger charge is 2.20. The molecule has 0 spiro atoms. The van der Waals surface area contributed by atoms with Crippen molar-refractivity contribution in [3.05, 3.63) is 59.6 Å². The highest BCUT2D eigenvalue weighted by Crippen LogP contribution is 2.24. The quantitative estimate of drug-likeness (QED) is 0.805. The predicted molar refractivity (Wildman–Crippen MR) is 84.8 cm³/mol. The minimum absolute atomic E-state index is 0.0917. The minimum atomic E-state index is -0.184. The monoisotopic (exact) mass is 298 g/mol. The largest absolute Gasteiger partial charge is 0.395 e. The van der Waals surface area contributed by atoms with Gasteiger partial charge >= 0.3 is 0 Å². The lowest BCUT2D eigenvalue weighted by Gasteiger charge is -2.20. The summed E-state index contributed by atoms with van der Waals surface area (Å²) in [6.45, 7) is 0.157. The summed E-state index contributed by atoms with van der Waals surface area (Å²) in [4.78, 5) is 18.6. The van der Waals surface area contributed by atoms with Crippen molar-refractivity contribution >= 4 is 33.1 Å². The SMILES string of the molecule is O=C(c1nc2ccccc2s1)N(CCO)c1ccccc1. The maximum atomic E-state index is 12.7. The van der Waals surface area contributed by atoms with Crippen LogP contribution in [0.3, 0.4) is 0 Å². The van der Waals surface area contributed by atoms with E-state index in [0.29, 0.717) is 5.01 Å². The lowest BCUT2D eigenvalue weighted by molar-refractivity contribution is 0.0981. The molecular formula is C16H14N2O2S. The Balaban J connectivity index is 1.97. The van der Waals surface area contributed by atoms with Crippen molar-refractivity contribution in [2.75, 3.05) is 18.1 Å². The molecular weight excluding hydrogens is 284 g/mol. The summed E-state index contributed by atoms with van der Waals surface area (Å²) in [5.41, 5.74) is 1.58. The van der Waals surface area contributed by atoms with E-state index < -0.39 is 0 Å². The molecule has 0 aliphatic heterocycles. The third-order valence-electron chi connectivity index (χ3n) is 3.11. The minimum Gasteiger partial charge on any atom is -0.395 e. The van der Waals surface area contributed by atoms with Gasteiger partial charge < -0.3 is 10.0 Å². The average molecular weight is 298 g/mol. The zero-order valence-corrected chi connectivity index (χ0v) is 12.1. The number of para-hydroxylation sites is 2. The van der Waals surface area contributed by atoms with Gasteiger partial charge in [-0.1, -0.05) is 30.3 Å². The Hall–Kier alpha value is -2.24. The van der Waals surface area contributed by atoms with Gasteiger partial charge in [-0.3, -0.25) is 4.79 Å². The van der Waals surface area contributed by atoms with Gasteiger partial charge in [0.15, 0.2) is 5.01 Å². The molecule has 3 aromatic rings. The van der Waals surface area contributed by atoms with Gasteiger partial charge in [0.1, 0.15) is 0 Å². The molecule has 0 atom stereocenters. The molecule has 1 amide bonds. The van der Waals surface area contributed by atoms with Crippen molar-refractivity contribution < 1.29 is 9.90 Å². The van der Waals surface area contributed by atoms with Crippen molar-refractivity contribution in [1.29, 1.82) is 0 Å². The smallest absolute Gasteiger partial charge is 0.287 e. The number of hydrogen-bond acceptors (Lipinski definition) is 4. The van der Waals surface area contributed by atoms with Crippen LogP contribution >= 0.6 is 11.3 Å². The second-order valence-corrected chi connectivity index (χ2v) is 5.53. The zero-order valence-electron chi connectivity index (χ0n) is 11.3. The maximum absolute atomic E-state index is 12.7. The first kappa shape index (κ1) is 13.7. The summed E-state index contributed by atoms with van der Waals surface area (Å²) in [6, 6.07) is 17.0. The molecule has 5 heteroatoms. The number of aliphatic hydroxyl groups excluding tert-OH is 1. The summed E-state index contributed by atoms with van der Waals surface area (Å²) in [5.74, 6) is -0.184. The van der Waals surface area contributed by atoms with E-state index in [1.54, 1.807) is 4.90 Å². The Morgan fingerprint density at radius 1 is 1.10 bits per heavy atom. The van der Waals surface area contributed by atoms with Crippen molar-refractivity contribution in [3.63, 3.8) is 0 Å². The van der Waals surface area contributed by atoms with Gasteiger partial charge in [0.2, 0.25) is 0 Å². The van der Waals surface area contributed by atoms with Crippen LogP contribution in [-0.2, 0) is 0 Å². The number of carbonyl (C=O) groups excluding carboxylic acids is 1. The maximum Gasteiger partial charge on any atom is 0.287 e. The van der Waals surface area contributed by atoms with Gasteiger partial charge in [0.05, 0.1) is 16.8 Å². The first-order chi connectivity index (χ1) is 10.3. The molecule has 0 fully saturated rings. The fourth-order valence-electron chi connectivity index (χ4n) is 2.13. The second kappa shape index (κ2) is 6.03. The molecule has 0 aliphatic carbocycles. The van der Waals surface area contributed by atoms with E-state index in [9.17, 15) is 9.90 Å². The number of rotatable bonds is 4. The Kier molecular flexibility index (Phi) is 3.94. The van der Waals surface area contributed by atoms with E-state index in [2.05, 4.69) is 4.98 Å². The van der Waals surface area contributed by atoms with E-state index in [4.69, 9.17) is 0 Å². The summed E-state index contributed by atoms with van der Waals surface area (Å²) >= 11 is 1.37. The summed E-state index contributed by atoms with van der Waals surface area (Å²) < 4.78 is 0.984. The Morgan fingerprint density at radius 3 is 2.52 bits per heavy atom. The van der Waals surface area contributed by atoms with E-state index in [0.717, 1.165) is 15.9 Å². The van der Waals surface area contributed by atoms with Gasteiger partial charge in [0.25, 0.3) is 5.91 Å². The second-order valence-electron chi connectivity index (χ2n) is 4.50. The Bertz CT molecular complexity index is 722. The lowest BCUT2D eigenvalue weighted by atomic mass is 10.3. The van der Waals surface area contributed by atoms with Gasteiger partial charge in [0, 0.05) is 12.2 Å². The van der Waals surface area contributed by atoms with Crippen molar-refractivity contribution in [2.45, 2.75) is 0 Å². The van der Waals surface area contributed by atoms with E-state index in [1.807, 2.05) is 54.6 Å². The topological polar surface area (TPSA) is 53.4 Å².